The van der Waals surface area contributed by atoms with E-state index in [-0.39, 0.29) is 19.6 Å². The molecule has 170 valence electrons. The largest absolute Gasteiger partial charge is 0.466 e. The minimum atomic E-state index is -1.48. The number of para-hydroxylation sites is 1. The third-order valence-corrected chi connectivity index (χ3v) is 5.65. The Balaban J connectivity index is 2.12. The van der Waals surface area contributed by atoms with Crippen LogP contribution in [0.1, 0.15) is 38.7 Å². The quantitative estimate of drug-likeness (QED) is 0.505. The van der Waals surface area contributed by atoms with Crippen LogP contribution in [0.2, 0.25) is 0 Å². The standard InChI is InChI=1S/C25H30N2O5/c1-4-31-23(28)21-19(27-26-18-14-10-7-11-15-18)16-25(3,30)22(24(29)32-5-2)20(21)17-12-8-6-9-13-17/h6-15,20-22,26,30H,4-5,16H2,1-3H3/b27-19-/t20-,21-,22+,25-/m0/s1. The Hall–Kier alpha value is -3.19. The van der Waals surface area contributed by atoms with Crippen LogP contribution in [0, 0.1) is 11.8 Å². The Kier molecular flexibility index (Phi) is 7.64. The van der Waals surface area contributed by atoms with Gasteiger partial charge in [0.15, 0.2) is 0 Å². The lowest BCUT2D eigenvalue weighted by Crippen LogP contribution is -2.55. The molecule has 1 aliphatic rings. The van der Waals surface area contributed by atoms with Gasteiger partial charge in [-0.05, 0) is 38.5 Å². The molecule has 3 rings (SSSR count). The average molecular weight is 439 g/mol. The molecule has 7 nitrogen and oxygen atoms in total. The first-order valence-corrected chi connectivity index (χ1v) is 10.9. The number of nitrogens with one attached hydrogen (secondary N) is 1. The monoisotopic (exact) mass is 438 g/mol. The van der Waals surface area contributed by atoms with Gasteiger partial charge in [0.05, 0.1) is 36.1 Å². The fraction of sp³-hybridized carbons (Fsp3) is 0.400. The molecular formula is C25H30N2O5. The zero-order valence-corrected chi connectivity index (χ0v) is 18.7. The van der Waals surface area contributed by atoms with E-state index < -0.39 is 35.3 Å². The van der Waals surface area contributed by atoms with E-state index in [9.17, 15) is 14.7 Å². The highest BCUT2D eigenvalue weighted by Gasteiger charge is 2.56. The van der Waals surface area contributed by atoms with E-state index in [0.29, 0.717) is 5.71 Å². The Morgan fingerprint density at radius 2 is 1.56 bits per heavy atom. The molecule has 1 aliphatic carbocycles. The number of nitrogens with zero attached hydrogens (tertiary/aromatic N) is 1. The van der Waals surface area contributed by atoms with Gasteiger partial charge in [0.25, 0.3) is 0 Å². The number of ether oxygens (including phenoxy) is 2. The molecule has 1 saturated carbocycles. The number of hydrogen-bond acceptors (Lipinski definition) is 7. The van der Waals surface area contributed by atoms with E-state index in [1.54, 1.807) is 20.8 Å². The van der Waals surface area contributed by atoms with Gasteiger partial charge in [-0.15, -0.1) is 0 Å². The van der Waals surface area contributed by atoms with Gasteiger partial charge in [0.2, 0.25) is 0 Å². The van der Waals surface area contributed by atoms with Crippen LogP contribution >= 0.6 is 0 Å². The van der Waals surface area contributed by atoms with E-state index in [0.717, 1.165) is 11.3 Å². The van der Waals surface area contributed by atoms with Crippen molar-refractivity contribution in [3.63, 3.8) is 0 Å². The van der Waals surface area contributed by atoms with Crippen molar-refractivity contribution in [3.05, 3.63) is 66.2 Å². The van der Waals surface area contributed by atoms with Crippen molar-refractivity contribution in [3.8, 4) is 0 Å². The van der Waals surface area contributed by atoms with Gasteiger partial charge < -0.3 is 14.6 Å². The number of hydrazone groups is 1. The lowest BCUT2D eigenvalue weighted by atomic mass is 9.61. The summed E-state index contributed by atoms with van der Waals surface area (Å²) >= 11 is 0. The second-order valence-corrected chi connectivity index (χ2v) is 8.01. The molecule has 0 aromatic heterocycles. The molecule has 2 aromatic rings. The highest BCUT2D eigenvalue weighted by atomic mass is 16.5. The fourth-order valence-corrected chi connectivity index (χ4v) is 4.34. The van der Waals surface area contributed by atoms with Crippen molar-refractivity contribution in [2.24, 2.45) is 16.9 Å². The van der Waals surface area contributed by atoms with E-state index in [1.165, 1.54) is 0 Å². The highest BCUT2D eigenvalue weighted by Crippen LogP contribution is 2.47. The normalized spacial score (nSPS) is 26.4. The Morgan fingerprint density at radius 1 is 1.00 bits per heavy atom. The van der Waals surface area contributed by atoms with E-state index >= 15 is 0 Å². The molecule has 0 radical (unpaired) electrons. The summed E-state index contributed by atoms with van der Waals surface area (Å²) < 4.78 is 10.7. The summed E-state index contributed by atoms with van der Waals surface area (Å²) in [5, 5.41) is 15.9. The van der Waals surface area contributed by atoms with E-state index in [4.69, 9.17) is 9.47 Å². The first-order valence-electron chi connectivity index (χ1n) is 10.9. The third-order valence-electron chi connectivity index (χ3n) is 5.65. The summed E-state index contributed by atoms with van der Waals surface area (Å²) in [6, 6.07) is 18.5. The summed E-state index contributed by atoms with van der Waals surface area (Å²) in [6.45, 7) is 5.40. The number of benzene rings is 2. The van der Waals surface area contributed by atoms with E-state index in [1.807, 2.05) is 60.7 Å². The summed E-state index contributed by atoms with van der Waals surface area (Å²) in [7, 11) is 0. The molecule has 0 amide bonds. The van der Waals surface area contributed by atoms with Crippen LogP contribution in [0.25, 0.3) is 0 Å². The lowest BCUT2D eigenvalue weighted by molar-refractivity contribution is -0.163. The van der Waals surface area contributed by atoms with Crippen LogP contribution in [0.4, 0.5) is 5.69 Å². The topological polar surface area (TPSA) is 97.2 Å². The summed E-state index contributed by atoms with van der Waals surface area (Å²) in [5.74, 6) is -3.55. The average Bonchev–Trinajstić information content (AvgIpc) is 2.78. The number of esters is 2. The Bertz CT molecular complexity index is 943. The van der Waals surface area contributed by atoms with Crippen molar-refractivity contribution in [2.45, 2.75) is 38.7 Å². The van der Waals surface area contributed by atoms with Gasteiger partial charge in [0, 0.05) is 12.3 Å². The zero-order chi connectivity index (χ0) is 23.1. The maximum Gasteiger partial charge on any atom is 0.315 e. The summed E-state index contributed by atoms with van der Waals surface area (Å²) in [5.41, 5.74) is 3.39. The molecule has 0 spiro atoms. The molecule has 4 atom stereocenters. The molecular weight excluding hydrogens is 408 g/mol. The van der Waals surface area contributed by atoms with Gasteiger partial charge in [-0.1, -0.05) is 48.5 Å². The first kappa shape index (κ1) is 23.5. The number of rotatable bonds is 7. The zero-order valence-electron chi connectivity index (χ0n) is 18.7. The maximum absolute atomic E-state index is 13.2. The van der Waals surface area contributed by atoms with Crippen molar-refractivity contribution in [1.82, 2.24) is 0 Å². The second kappa shape index (κ2) is 10.4. The van der Waals surface area contributed by atoms with Crippen molar-refractivity contribution in [2.75, 3.05) is 18.6 Å². The molecule has 7 heteroatoms. The van der Waals surface area contributed by atoms with Crippen LogP contribution in [-0.2, 0) is 19.1 Å². The highest BCUT2D eigenvalue weighted by molar-refractivity contribution is 6.06. The van der Waals surface area contributed by atoms with Crippen molar-refractivity contribution >= 4 is 23.3 Å². The van der Waals surface area contributed by atoms with Crippen LogP contribution < -0.4 is 5.43 Å². The smallest absolute Gasteiger partial charge is 0.315 e. The first-order chi connectivity index (χ1) is 15.4. The number of carbonyl (C=O) groups excluding carboxylic acids is 2. The minimum absolute atomic E-state index is 0.0170. The Labute approximate surface area is 188 Å². The maximum atomic E-state index is 13.2. The predicted molar refractivity (Wildman–Crippen MR) is 122 cm³/mol. The summed E-state index contributed by atoms with van der Waals surface area (Å²) in [4.78, 5) is 26.2. The third kappa shape index (κ3) is 5.16. The molecule has 0 heterocycles. The number of hydrogen-bond donors (Lipinski definition) is 2. The van der Waals surface area contributed by atoms with Crippen LogP contribution in [0.15, 0.2) is 65.8 Å². The van der Waals surface area contributed by atoms with Crippen LogP contribution in [-0.4, -0.2) is 41.6 Å². The second-order valence-electron chi connectivity index (χ2n) is 8.01. The minimum Gasteiger partial charge on any atom is -0.466 e. The predicted octanol–water partition coefficient (Wildman–Crippen LogP) is 3.75. The van der Waals surface area contributed by atoms with E-state index in [2.05, 4.69) is 10.5 Å². The fourth-order valence-electron chi connectivity index (χ4n) is 4.34. The molecule has 0 aliphatic heterocycles. The van der Waals surface area contributed by atoms with Gasteiger partial charge in [-0.2, -0.15) is 5.10 Å². The Morgan fingerprint density at radius 3 is 2.16 bits per heavy atom. The van der Waals surface area contributed by atoms with Crippen molar-refractivity contribution < 1.29 is 24.2 Å². The number of carbonyl (C=O) groups is 2. The molecule has 2 aromatic carbocycles. The van der Waals surface area contributed by atoms with Gasteiger partial charge in [-0.3, -0.25) is 15.0 Å². The van der Waals surface area contributed by atoms with Crippen LogP contribution in [0.3, 0.4) is 0 Å². The van der Waals surface area contributed by atoms with Gasteiger partial charge >= 0.3 is 11.9 Å². The molecule has 0 bridgehead atoms. The molecule has 2 N–H and O–H groups in total. The molecule has 32 heavy (non-hydrogen) atoms. The molecule has 0 unspecified atom stereocenters. The molecule has 0 saturated heterocycles. The SMILES string of the molecule is CCOC(=O)[C@H]1/C(=N\Nc2ccccc2)C[C@](C)(O)[C@@H](C(=O)OCC)[C@H]1c1ccccc1. The number of anilines is 1. The van der Waals surface area contributed by atoms with Crippen LogP contribution in [0.5, 0.6) is 0 Å². The van der Waals surface area contributed by atoms with Gasteiger partial charge in [-0.25, -0.2) is 0 Å². The summed E-state index contributed by atoms with van der Waals surface area (Å²) in [6.07, 6.45) is 0.0170. The molecule has 1 fully saturated rings. The van der Waals surface area contributed by atoms with Gasteiger partial charge in [0.1, 0.15) is 5.92 Å². The number of aliphatic hydroxyl groups is 1. The lowest BCUT2D eigenvalue weighted by Gasteiger charge is -2.45. The van der Waals surface area contributed by atoms with Crippen molar-refractivity contribution in [1.29, 1.82) is 0 Å².